The van der Waals surface area contributed by atoms with Crippen molar-refractivity contribution in [2.24, 2.45) is 10.9 Å². The highest BCUT2D eigenvalue weighted by Gasteiger charge is 2.34. The van der Waals surface area contributed by atoms with Gasteiger partial charge in [-0.15, -0.1) is 0 Å². The lowest BCUT2D eigenvalue weighted by atomic mass is 9.84. The summed E-state index contributed by atoms with van der Waals surface area (Å²) in [5, 5.41) is 8.89. The van der Waals surface area contributed by atoms with Crippen molar-refractivity contribution in [3.63, 3.8) is 0 Å². The van der Waals surface area contributed by atoms with Crippen molar-refractivity contribution >= 4 is 17.5 Å². The monoisotopic (exact) mass is 233 g/mol. The van der Waals surface area contributed by atoms with Gasteiger partial charge < -0.3 is 9.84 Å². The number of Topliss-reactive ketones (excluding diaryl/α,β-unsaturated/α-hetero) is 1. The summed E-state index contributed by atoms with van der Waals surface area (Å²) >= 11 is 0. The average molecular weight is 233 g/mol. The average Bonchev–Trinajstić information content (AvgIpc) is 2.30. The molecule has 0 fully saturated rings. The van der Waals surface area contributed by atoms with Crippen LogP contribution < -0.4 is 0 Å². The van der Waals surface area contributed by atoms with Gasteiger partial charge in [0.15, 0.2) is 5.78 Å². The Labute approximate surface area is 97.8 Å². The number of allylic oxidation sites excluding steroid dienone is 2. The van der Waals surface area contributed by atoms with Crippen molar-refractivity contribution in [1.82, 2.24) is 0 Å². The molecule has 0 amide bonds. The second-order valence-electron chi connectivity index (χ2n) is 3.82. The van der Waals surface area contributed by atoms with Crippen LogP contribution in [0.15, 0.2) is 40.9 Å². The first-order valence-corrected chi connectivity index (χ1v) is 5.12. The molecule has 0 saturated heterocycles. The molecule has 17 heavy (non-hydrogen) atoms. The van der Waals surface area contributed by atoms with E-state index in [1.54, 1.807) is 13.0 Å². The van der Waals surface area contributed by atoms with Gasteiger partial charge in [0.25, 0.3) is 0 Å². The van der Waals surface area contributed by atoms with Gasteiger partial charge in [0.1, 0.15) is 5.57 Å². The number of ether oxygens (including phenoxy) is 1. The van der Waals surface area contributed by atoms with E-state index < -0.39 is 17.7 Å². The van der Waals surface area contributed by atoms with Crippen LogP contribution in [-0.2, 0) is 14.3 Å². The number of ketones is 1. The molecule has 1 atom stereocenters. The van der Waals surface area contributed by atoms with Crippen LogP contribution in [0.4, 0.5) is 0 Å². The predicted molar refractivity (Wildman–Crippen MR) is 60.2 cm³/mol. The standard InChI is InChI=1S/C12H11NO4/c1-7-10(8-3-2-4-17-6-8)11(14)9(5-13-7)12(15)16/h2,4-6,10H,3H2,1H3,(H,15,16). The number of hydrogen-bond donors (Lipinski definition) is 1. The molecule has 2 aliphatic heterocycles. The maximum Gasteiger partial charge on any atom is 0.340 e. The first kappa shape index (κ1) is 11.3. The maximum absolute atomic E-state index is 12.0. The van der Waals surface area contributed by atoms with E-state index in [1.807, 2.05) is 0 Å². The van der Waals surface area contributed by atoms with Crippen molar-refractivity contribution in [3.8, 4) is 0 Å². The number of nitrogens with zero attached hydrogens (tertiary/aromatic N) is 1. The van der Waals surface area contributed by atoms with Crippen LogP contribution in [0.2, 0.25) is 0 Å². The van der Waals surface area contributed by atoms with Gasteiger partial charge in [-0.1, -0.05) is 0 Å². The fourth-order valence-electron chi connectivity index (χ4n) is 1.85. The molecular weight excluding hydrogens is 222 g/mol. The molecule has 0 spiro atoms. The minimum absolute atomic E-state index is 0.281. The molecule has 0 aromatic rings. The lowest BCUT2D eigenvalue weighted by Gasteiger charge is -2.22. The molecule has 0 aromatic heterocycles. The molecule has 0 aliphatic carbocycles. The normalized spacial score (nSPS) is 23.5. The highest BCUT2D eigenvalue weighted by atomic mass is 16.5. The summed E-state index contributed by atoms with van der Waals surface area (Å²) in [4.78, 5) is 26.9. The Hall–Kier alpha value is -2.17. The second kappa shape index (κ2) is 4.37. The predicted octanol–water partition coefficient (Wildman–Crippen LogP) is 1.43. The van der Waals surface area contributed by atoms with Crippen LogP contribution in [0.3, 0.4) is 0 Å². The van der Waals surface area contributed by atoms with Gasteiger partial charge in [-0.05, 0) is 25.0 Å². The Bertz CT molecular complexity index is 497. The third-order valence-corrected chi connectivity index (χ3v) is 2.69. The maximum atomic E-state index is 12.0. The van der Waals surface area contributed by atoms with Gasteiger partial charge in [-0.2, -0.15) is 0 Å². The van der Waals surface area contributed by atoms with E-state index in [9.17, 15) is 9.59 Å². The molecule has 1 N–H and O–H groups in total. The largest absolute Gasteiger partial charge is 0.478 e. The first-order chi connectivity index (χ1) is 8.11. The Morgan fingerprint density at radius 1 is 1.59 bits per heavy atom. The minimum Gasteiger partial charge on any atom is -0.478 e. The summed E-state index contributed by atoms with van der Waals surface area (Å²) in [6, 6.07) is 0. The summed E-state index contributed by atoms with van der Waals surface area (Å²) in [6.07, 6.45) is 6.45. The van der Waals surface area contributed by atoms with Crippen LogP contribution in [0.25, 0.3) is 0 Å². The van der Waals surface area contributed by atoms with Crippen LogP contribution in [-0.4, -0.2) is 22.6 Å². The van der Waals surface area contributed by atoms with Crippen molar-refractivity contribution < 1.29 is 19.4 Å². The SMILES string of the molecule is CC1=NC=C(C(=O)O)C(=O)C1C1=COC=CC1. The zero-order valence-electron chi connectivity index (χ0n) is 9.21. The number of carbonyl (C=O) groups is 2. The lowest BCUT2D eigenvalue weighted by Crippen LogP contribution is -2.31. The van der Waals surface area contributed by atoms with E-state index in [0.717, 1.165) is 11.8 Å². The first-order valence-electron chi connectivity index (χ1n) is 5.12. The van der Waals surface area contributed by atoms with Crippen molar-refractivity contribution in [2.45, 2.75) is 13.3 Å². The number of aliphatic imine (C=N–C) groups is 1. The van der Waals surface area contributed by atoms with Crippen molar-refractivity contribution in [1.29, 1.82) is 0 Å². The summed E-state index contributed by atoms with van der Waals surface area (Å²) in [5.74, 6) is -2.30. The second-order valence-corrected chi connectivity index (χ2v) is 3.82. The summed E-state index contributed by atoms with van der Waals surface area (Å²) in [6.45, 7) is 1.71. The molecule has 0 aromatic carbocycles. The minimum atomic E-state index is -1.25. The van der Waals surface area contributed by atoms with Crippen LogP contribution in [0.1, 0.15) is 13.3 Å². The molecule has 2 rings (SSSR count). The molecule has 2 aliphatic rings. The van der Waals surface area contributed by atoms with Gasteiger partial charge in [0.05, 0.1) is 18.4 Å². The number of carbonyl (C=O) groups excluding carboxylic acids is 1. The van der Waals surface area contributed by atoms with Gasteiger partial charge in [0, 0.05) is 11.9 Å². The molecule has 0 radical (unpaired) electrons. The highest BCUT2D eigenvalue weighted by Crippen LogP contribution is 2.27. The molecule has 1 unspecified atom stereocenters. The molecule has 0 bridgehead atoms. The van der Waals surface area contributed by atoms with Gasteiger partial charge in [-0.3, -0.25) is 9.79 Å². The van der Waals surface area contributed by atoms with E-state index in [-0.39, 0.29) is 5.57 Å². The molecule has 5 nitrogen and oxygen atoms in total. The highest BCUT2D eigenvalue weighted by molar-refractivity contribution is 6.26. The third-order valence-electron chi connectivity index (χ3n) is 2.69. The zero-order chi connectivity index (χ0) is 12.4. The molecule has 88 valence electrons. The van der Waals surface area contributed by atoms with E-state index >= 15 is 0 Å². The number of aliphatic carboxylic acids is 1. The summed E-state index contributed by atoms with van der Waals surface area (Å²) < 4.78 is 5.01. The van der Waals surface area contributed by atoms with Crippen LogP contribution in [0.5, 0.6) is 0 Å². The van der Waals surface area contributed by atoms with Crippen molar-refractivity contribution in [2.75, 3.05) is 0 Å². The quantitative estimate of drug-likeness (QED) is 0.732. The fourth-order valence-corrected chi connectivity index (χ4v) is 1.85. The molecule has 2 heterocycles. The van der Waals surface area contributed by atoms with Crippen molar-refractivity contribution in [3.05, 3.63) is 35.9 Å². The van der Waals surface area contributed by atoms with Gasteiger partial charge >= 0.3 is 5.97 Å². The number of hydrogen-bond acceptors (Lipinski definition) is 4. The topological polar surface area (TPSA) is 76.0 Å². The lowest BCUT2D eigenvalue weighted by molar-refractivity contribution is -0.134. The molecule has 5 heteroatoms. The number of carboxylic acid groups (broad SMARTS) is 1. The molecular formula is C12H11NO4. The van der Waals surface area contributed by atoms with Crippen LogP contribution in [0, 0.1) is 5.92 Å². The Morgan fingerprint density at radius 3 is 2.94 bits per heavy atom. The van der Waals surface area contributed by atoms with Gasteiger partial charge in [0.2, 0.25) is 0 Å². The van der Waals surface area contributed by atoms with E-state index in [2.05, 4.69) is 4.99 Å². The molecule has 0 saturated carbocycles. The fraction of sp³-hybridized carbons (Fsp3) is 0.250. The zero-order valence-corrected chi connectivity index (χ0v) is 9.21. The number of rotatable bonds is 2. The van der Waals surface area contributed by atoms with E-state index in [4.69, 9.17) is 9.84 Å². The van der Waals surface area contributed by atoms with E-state index in [0.29, 0.717) is 12.1 Å². The van der Waals surface area contributed by atoms with E-state index in [1.165, 1.54) is 12.5 Å². The summed E-state index contributed by atoms with van der Waals surface area (Å²) in [5.41, 5.74) is 1.03. The summed E-state index contributed by atoms with van der Waals surface area (Å²) in [7, 11) is 0. The Balaban J connectivity index is 2.33. The Kier molecular flexibility index (Phi) is 2.91. The van der Waals surface area contributed by atoms with Gasteiger partial charge in [-0.25, -0.2) is 4.79 Å². The Morgan fingerprint density at radius 2 is 2.35 bits per heavy atom. The van der Waals surface area contributed by atoms with Crippen LogP contribution >= 0.6 is 0 Å². The smallest absolute Gasteiger partial charge is 0.340 e. The number of carboxylic acids is 1. The third kappa shape index (κ3) is 2.04.